The number of aromatic nitrogens is 2. The largest absolute Gasteiger partial charge is 0.251 e. The van der Waals surface area contributed by atoms with Gasteiger partial charge in [0.25, 0.3) is 5.82 Å². The number of aromatic amines is 2. The fourth-order valence-corrected chi connectivity index (χ4v) is 2.08. The maximum atomic E-state index is 3.21. The Morgan fingerprint density at radius 1 is 0.938 bits per heavy atom. The van der Waals surface area contributed by atoms with Crippen molar-refractivity contribution in [2.75, 3.05) is 0 Å². The summed E-state index contributed by atoms with van der Waals surface area (Å²) in [7, 11) is 0. The van der Waals surface area contributed by atoms with Crippen molar-refractivity contribution in [3.63, 3.8) is 0 Å². The van der Waals surface area contributed by atoms with Crippen molar-refractivity contribution in [1.82, 2.24) is 4.98 Å². The quantitative estimate of drug-likeness (QED) is 0.583. The normalized spacial score (nSPS) is 10.8. The molecule has 0 atom stereocenters. The van der Waals surface area contributed by atoms with Crippen LogP contribution in [0.5, 0.6) is 0 Å². The fourth-order valence-electron chi connectivity index (χ4n) is 2.08. The third kappa shape index (κ3) is 6.65. The minimum atomic E-state index is 1.17. The monoisotopic (exact) mass is 223 g/mol. The molecule has 1 aromatic heterocycles. The number of H-pyrrole nitrogens is 2. The highest BCUT2D eigenvalue weighted by atomic mass is 14.9. The average molecular weight is 223 g/mol. The highest BCUT2D eigenvalue weighted by Crippen LogP contribution is 2.10. The Kier molecular flexibility index (Phi) is 7.83. The fraction of sp³-hybridized carbons (Fsp3) is 0.786. The van der Waals surface area contributed by atoms with Crippen LogP contribution in [0.2, 0.25) is 0 Å². The second kappa shape index (κ2) is 9.44. The van der Waals surface area contributed by atoms with E-state index in [2.05, 4.69) is 16.9 Å². The minimum absolute atomic E-state index is 1.17. The molecule has 0 saturated carbocycles. The number of aryl methyl sites for hydroxylation is 1. The maximum absolute atomic E-state index is 3.21. The van der Waals surface area contributed by atoms with Gasteiger partial charge in [0.1, 0.15) is 12.4 Å². The van der Waals surface area contributed by atoms with Gasteiger partial charge in [-0.3, -0.25) is 0 Å². The number of hydrogen-bond acceptors (Lipinski definition) is 0. The minimum Gasteiger partial charge on any atom is -0.248 e. The zero-order valence-corrected chi connectivity index (χ0v) is 10.7. The lowest BCUT2D eigenvalue weighted by atomic mass is 10.1. The molecule has 2 nitrogen and oxygen atoms in total. The van der Waals surface area contributed by atoms with Gasteiger partial charge in [-0.15, -0.1) is 0 Å². The summed E-state index contributed by atoms with van der Waals surface area (Å²) < 4.78 is 0. The van der Waals surface area contributed by atoms with Gasteiger partial charge >= 0.3 is 0 Å². The first-order chi connectivity index (χ1) is 7.93. The Morgan fingerprint density at radius 2 is 1.56 bits per heavy atom. The van der Waals surface area contributed by atoms with E-state index in [1.165, 1.54) is 70.0 Å². The molecular weight excluding hydrogens is 196 g/mol. The van der Waals surface area contributed by atoms with Crippen LogP contribution in [0.25, 0.3) is 0 Å². The van der Waals surface area contributed by atoms with E-state index < -0.39 is 0 Å². The van der Waals surface area contributed by atoms with Gasteiger partial charge in [0, 0.05) is 6.42 Å². The molecule has 0 spiro atoms. The lowest BCUT2D eigenvalue weighted by molar-refractivity contribution is -0.388. The van der Waals surface area contributed by atoms with E-state index in [0.717, 1.165) is 0 Å². The number of rotatable bonds is 10. The van der Waals surface area contributed by atoms with Crippen LogP contribution in [0.1, 0.15) is 70.5 Å². The van der Waals surface area contributed by atoms with Crippen LogP contribution >= 0.6 is 0 Å². The van der Waals surface area contributed by atoms with E-state index in [9.17, 15) is 0 Å². The Bertz CT molecular complexity index is 229. The summed E-state index contributed by atoms with van der Waals surface area (Å²) in [6, 6.07) is 0. The predicted octanol–water partition coefficient (Wildman–Crippen LogP) is 3.90. The number of hydrogen-bond donors (Lipinski definition) is 1. The molecule has 0 aromatic carbocycles. The molecule has 0 radical (unpaired) electrons. The van der Waals surface area contributed by atoms with Gasteiger partial charge in [0.15, 0.2) is 0 Å². The summed E-state index contributed by atoms with van der Waals surface area (Å²) in [5, 5.41) is 0. The lowest BCUT2D eigenvalue weighted by Crippen LogP contribution is -2.05. The SMILES string of the molecule is CCCCCCCCCCCc1[nH]cc[nH+]1. The molecule has 0 aliphatic carbocycles. The van der Waals surface area contributed by atoms with Crippen molar-refractivity contribution in [3.8, 4) is 0 Å². The van der Waals surface area contributed by atoms with Gasteiger partial charge < -0.3 is 0 Å². The van der Waals surface area contributed by atoms with Gasteiger partial charge in [-0.25, -0.2) is 9.97 Å². The Labute approximate surface area is 99.9 Å². The summed E-state index contributed by atoms with van der Waals surface area (Å²) in [6.07, 6.45) is 17.7. The van der Waals surface area contributed by atoms with Crippen molar-refractivity contribution in [1.29, 1.82) is 0 Å². The molecule has 1 rings (SSSR count). The van der Waals surface area contributed by atoms with E-state index in [-0.39, 0.29) is 0 Å². The first kappa shape index (κ1) is 13.3. The number of unbranched alkanes of at least 4 members (excludes halogenated alkanes) is 8. The number of nitrogens with one attached hydrogen (secondary N) is 2. The van der Waals surface area contributed by atoms with Crippen LogP contribution in [0.15, 0.2) is 12.4 Å². The van der Waals surface area contributed by atoms with Crippen LogP contribution in [-0.4, -0.2) is 4.98 Å². The topological polar surface area (TPSA) is 29.9 Å². The van der Waals surface area contributed by atoms with Crippen LogP contribution in [-0.2, 0) is 6.42 Å². The van der Waals surface area contributed by atoms with Gasteiger partial charge in [0.2, 0.25) is 0 Å². The Hall–Kier alpha value is -0.790. The first-order valence-corrected chi connectivity index (χ1v) is 6.97. The smallest absolute Gasteiger partial charge is 0.248 e. The highest BCUT2D eigenvalue weighted by Gasteiger charge is 1.99. The molecule has 0 aliphatic rings. The highest BCUT2D eigenvalue weighted by molar-refractivity contribution is 4.75. The molecule has 0 unspecified atom stereocenters. The van der Waals surface area contributed by atoms with Crippen molar-refractivity contribution in [3.05, 3.63) is 18.2 Å². The molecule has 2 heteroatoms. The van der Waals surface area contributed by atoms with Crippen LogP contribution in [0.3, 0.4) is 0 Å². The zero-order valence-electron chi connectivity index (χ0n) is 10.7. The third-order valence-electron chi connectivity index (χ3n) is 3.13. The summed E-state index contributed by atoms with van der Waals surface area (Å²) in [5.74, 6) is 1.27. The first-order valence-electron chi connectivity index (χ1n) is 6.97. The maximum Gasteiger partial charge on any atom is 0.251 e. The van der Waals surface area contributed by atoms with Gasteiger partial charge in [-0.1, -0.05) is 58.3 Å². The Morgan fingerprint density at radius 3 is 2.12 bits per heavy atom. The molecular formula is C14H27N2+. The second-order valence-corrected chi connectivity index (χ2v) is 4.68. The summed E-state index contributed by atoms with van der Waals surface area (Å²) in [5.41, 5.74) is 0. The van der Waals surface area contributed by atoms with Crippen LogP contribution in [0.4, 0.5) is 0 Å². The van der Waals surface area contributed by atoms with Gasteiger partial charge in [0.05, 0.1) is 0 Å². The number of imidazole rings is 1. The summed E-state index contributed by atoms with van der Waals surface area (Å²) >= 11 is 0. The molecule has 16 heavy (non-hydrogen) atoms. The van der Waals surface area contributed by atoms with E-state index in [4.69, 9.17) is 0 Å². The van der Waals surface area contributed by atoms with Crippen molar-refractivity contribution < 1.29 is 4.98 Å². The molecule has 0 amide bonds. The standard InChI is InChI=1S/C14H26N2/c1-2-3-4-5-6-7-8-9-10-11-14-15-12-13-16-14/h12-13H,2-11H2,1H3,(H,15,16)/p+1. The van der Waals surface area contributed by atoms with E-state index in [1.54, 1.807) is 0 Å². The van der Waals surface area contributed by atoms with Gasteiger partial charge in [-0.05, 0) is 6.42 Å². The molecule has 1 heterocycles. The van der Waals surface area contributed by atoms with Crippen LogP contribution in [0, 0.1) is 0 Å². The molecule has 0 fully saturated rings. The molecule has 92 valence electrons. The summed E-state index contributed by atoms with van der Waals surface area (Å²) in [6.45, 7) is 2.28. The third-order valence-corrected chi connectivity index (χ3v) is 3.13. The van der Waals surface area contributed by atoms with E-state index in [1.807, 2.05) is 12.4 Å². The lowest BCUT2D eigenvalue weighted by Gasteiger charge is -2.00. The second-order valence-electron chi connectivity index (χ2n) is 4.68. The average Bonchev–Trinajstić information content (AvgIpc) is 2.80. The Balaban J connectivity index is 1.78. The molecule has 0 bridgehead atoms. The zero-order chi connectivity index (χ0) is 11.5. The summed E-state index contributed by atoms with van der Waals surface area (Å²) in [4.78, 5) is 6.41. The van der Waals surface area contributed by atoms with Crippen molar-refractivity contribution >= 4 is 0 Å². The molecule has 0 aliphatic heterocycles. The van der Waals surface area contributed by atoms with Crippen molar-refractivity contribution in [2.24, 2.45) is 0 Å². The van der Waals surface area contributed by atoms with Crippen molar-refractivity contribution in [2.45, 2.75) is 71.1 Å². The molecule has 2 N–H and O–H groups in total. The predicted molar refractivity (Wildman–Crippen MR) is 68.3 cm³/mol. The molecule has 1 aromatic rings. The van der Waals surface area contributed by atoms with E-state index in [0.29, 0.717) is 0 Å². The van der Waals surface area contributed by atoms with E-state index >= 15 is 0 Å². The molecule has 0 saturated heterocycles. The van der Waals surface area contributed by atoms with Gasteiger partial charge in [-0.2, -0.15) is 0 Å². The van der Waals surface area contributed by atoms with Crippen LogP contribution < -0.4 is 4.98 Å².